The summed E-state index contributed by atoms with van der Waals surface area (Å²) >= 11 is 1.44. The lowest BCUT2D eigenvalue weighted by atomic mass is 9.91. The maximum absolute atomic E-state index is 13.3. The van der Waals surface area contributed by atoms with Crippen LogP contribution in [0.4, 0.5) is 4.39 Å². The lowest BCUT2D eigenvalue weighted by Crippen LogP contribution is -2.34. The second kappa shape index (κ2) is 9.01. The number of piperidine rings is 1. The molecule has 0 radical (unpaired) electrons. The van der Waals surface area contributed by atoms with Gasteiger partial charge < -0.3 is 9.42 Å². The third kappa shape index (κ3) is 4.54. The molecule has 0 amide bonds. The number of aromatic nitrogens is 1. The van der Waals surface area contributed by atoms with Crippen molar-refractivity contribution in [3.63, 3.8) is 0 Å². The van der Waals surface area contributed by atoms with Gasteiger partial charge in [0.15, 0.2) is 16.9 Å². The molecule has 0 saturated carbocycles. The van der Waals surface area contributed by atoms with Gasteiger partial charge in [0.1, 0.15) is 5.82 Å². The Morgan fingerprint density at radius 2 is 2.31 bits per heavy atom. The Bertz CT molecular complexity index is 808. The van der Waals surface area contributed by atoms with Crippen LogP contribution in [0.15, 0.2) is 27.7 Å². The maximum Gasteiger partial charge on any atom is 0.183 e. The fourth-order valence-electron chi connectivity index (χ4n) is 3.33. The number of halogens is 1. The van der Waals surface area contributed by atoms with Gasteiger partial charge in [-0.25, -0.2) is 4.39 Å². The number of hydrogen-bond acceptors (Lipinski definition) is 6. The van der Waals surface area contributed by atoms with Crippen LogP contribution in [0.1, 0.15) is 30.9 Å². The zero-order valence-corrected chi connectivity index (χ0v) is 15.6. The molecule has 26 heavy (non-hydrogen) atoms. The molecule has 1 fully saturated rings. The summed E-state index contributed by atoms with van der Waals surface area (Å²) in [6.07, 6.45) is 6.81. The first-order chi connectivity index (χ1) is 12.7. The largest absolute Gasteiger partial charge is 0.356 e. The minimum Gasteiger partial charge on any atom is -0.356 e. The van der Waals surface area contributed by atoms with Crippen molar-refractivity contribution in [2.45, 2.75) is 25.2 Å². The molecule has 1 aromatic heterocycles. The molecule has 6 nitrogen and oxygen atoms in total. The fourth-order valence-corrected chi connectivity index (χ4v) is 3.70. The molecule has 1 aliphatic heterocycles. The fraction of sp³-hybridized carbons (Fsp3) is 0.500. The Labute approximate surface area is 156 Å². The van der Waals surface area contributed by atoms with E-state index in [9.17, 15) is 4.39 Å². The van der Waals surface area contributed by atoms with Gasteiger partial charge in [-0.2, -0.15) is 5.26 Å². The first kappa shape index (κ1) is 18.7. The topological polar surface area (TPSA) is 77.5 Å². The molecule has 2 aromatic rings. The van der Waals surface area contributed by atoms with Gasteiger partial charge in [0, 0.05) is 23.9 Å². The van der Waals surface area contributed by atoms with Gasteiger partial charge in [0.2, 0.25) is 0 Å². The highest BCUT2D eigenvalue weighted by molar-refractivity contribution is 8.13. The molecule has 8 heteroatoms. The molecule has 1 N–H and O–H groups in total. The number of rotatable bonds is 5. The van der Waals surface area contributed by atoms with Crippen molar-refractivity contribution in [3.8, 4) is 6.19 Å². The minimum absolute atomic E-state index is 0.299. The Morgan fingerprint density at radius 1 is 1.50 bits per heavy atom. The molecule has 1 aromatic carbocycles. The number of nitriles is 1. The first-order valence-electron chi connectivity index (χ1n) is 8.72. The van der Waals surface area contributed by atoms with E-state index in [-0.39, 0.29) is 5.82 Å². The van der Waals surface area contributed by atoms with Crippen LogP contribution in [0.5, 0.6) is 0 Å². The molecular weight excluding hydrogens is 353 g/mol. The van der Waals surface area contributed by atoms with Crippen LogP contribution < -0.4 is 5.32 Å². The predicted octanol–water partition coefficient (Wildman–Crippen LogP) is 3.33. The number of aliphatic imine (C=N–C) groups is 1. The number of amidine groups is 1. The predicted molar refractivity (Wildman–Crippen MR) is 102 cm³/mol. The summed E-state index contributed by atoms with van der Waals surface area (Å²) in [5.74, 6) is 0.0613. The van der Waals surface area contributed by atoms with E-state index in [1.807, 2.05) is 12.4 Å². The molecule has 2 heterocycles. The normalized spacial score (nSPS) is 16.7. The lowest BCUT2D eigenvalue weighted by Gasteiger charge is -2.31. The van der Waals surface area contributed by atoms with Crippen molar-refractivity contribution in [3.05, 3.63) is 29.7 Å². The van der Waals surface area contributed by atoms with Gasteiger partial charge >= 0.3 is 0 Å². The maximum atomic E-state index is 13.3. The summed E-state index contributed by atoms with van der Waals surface area (Å²) in [6, 6.07) is 4.62. The van der Waals surface area contributed by atoms with E-state index in [1.54, 1.807) is 6.07 Å². The van der Waals surface area contributed by atoms with Crippen LogP contribution in [0.3, 0.4) is 0 Å². The third-order valence-corrected chi connectivity index (χ3v) is 5.30. The number of nitrogens with zero attached hydrogens (tertiary/aromatic N) is 4. The van der Waals surface area contributed by atoms with Crippen molar-refractivity contribution in [1.29, 1.82) is 5.26 Å². The second-order valence-electron chi connectivity index (χ2n) is 6.31. The van der Waals surface area contributed by atoms with Crippen molar-refractivity contribution in [2.24, 2.45) is 4.99 Å². The Hall–Kier alpha value is -2.11. The average Bonchev–Trinajstić information content (AvgIpc) is 3.07. The van der Waals surface area contributed by atoms with E-state index < -0.39 is 0 Å². The van der Waals surface area contributed by atoms with Crippen LogP contribution in [0.25, 0.3) is 11.0 Å². The highest BCUT2D eigenvalue weighted by atomic mass is 32.2. The van der Waals surface area contributed by atoms with Crippen LogP contribution >= 0.6 is 11.8 Å². The van der Waals surface area contributed by atoms with Crippen molar-refractivity contribution in [2.75, 3.05) is 32.4 Å². The van der Waals surface area contributed by atoms with Gasteiger partial charge in [-0.1, -0.05) is 16.9 Å². The SMILES string of the molecule is CS/C(=N\CCCN1CCC(c2noc3cc(F)ccc23)CC1)NC#N. The number of benzene rings is 1. The van der Waals surface area contributed by atoms with E-state index in [4.69, 9.17) is 9.78 Å². The Morgan fingerprint density at radius 3 is 3.04 bits per heavy atom. The number of hydrogen-bond donors (Lipinski definition) is 1. The molecule has 3 rings (SSSR count). The molecule has 0 aliphatic carbocycles. The standard InChI is InChI=1S/C18H22FN5OS/c1-26-18(22-12-20)21-7-2-8-24-9-5-13(6-10-24)17-15-4-3-14(19)11-16(15)25-23-17/h3-4,11,13H,2,5-10H2,1H3,(H,21,22). The van der Waals surface area contributed by atoms with Crippen molar-refractivity contribution >= 4 is 27.9 Å². The van der Waals surface area contributed by atoms with Crippen LogP contribution in [-0.4, -0.2) is 47.7 Å². The third-order valence-electron chi connectivity index (χ3n) is 4.68. The monoisotopic (exact) mass is 375 g/mol. The van der Waals surface area contributed by atoms with E-state index in [0.29, 0.717) is 23.2 Å². The first-order valence-corrected chi connectivity index (χ1v) is 9.94. The Balaban J connectivity index is 1.48. The number of likely N-dealkylation sites (tertiary alicyclic amines) is 1. The van der Waals surface area contributed by atoms with Crippen LogP contribution in [-0.2, 0) is 0 Å². The summed E-state index contributed by atoms with van der Waals surface area (Å²) in [6.45, 7) is 3.73. The van der Waals surface area contributed by atoms with E-state index in [0.717, 1.165) is 50.0 Å². The van der Waals surface area contributed by atoms with Gasteiger partial charge in [0.05, 0.1) is 5.69 Å². The van der Waals surface area contributed by atoms with Gasteiger partial charge in [-0.15, -0.1) is 0 Å². The minimum atomic E-state index is -0.299. The molecule has 1 saturated heterocycles. The quantitative estimate of drug-likeness (QED) is 0.284. The molecule has 138 valence electrons. The molecule has 0 bridgehead atoms. The smallest absolute Gasteiger partial charge is 0.183 e. The number of nitrogens with one attached hydrogen (secondary N) is 1. The zero-order chi connectivity index (χ0) is 18.4. The molecule has 0 spiro atoms. The van der Waals surface area contributed by atoms with Crippen molar-refractivity contribution in [1.82, 2.24) is 15.4 Å². The molecule has 0 unspecified atom stereocenters. The van der Waals surface area contributed by atoms with Crippen LogP contribution in [0.2, 0.25) is 0 Å². The van der Waals surface area contributed by atoms with Gasteiger partial charge in [-0.05, 0) is 57.3 Å². The van der Waals surface area contributed by atoms with Crippen molar-refractivity contribution < 1.29 is 8.91 Å². The summed E-state index contributed by atoms with van der Waals surface area (Å²) in [7, 11) is 0. The molecule has 0 atom stereocenters. The summed E-state index contributed by atoms with van der Waals surface area (Å²) in [5, 5.41) is 17.0. The summed E-state index contributed by atoms with van der Waals surface area (Å²) in [4.78, 5) is 6.81. The van der Waals surface area contributed by atoms with Gasteiger partial charge in [-0.3, -0.25) is 10.3 Å². The summed E-state index contributed by atoms with van der Waals surface area (Å²) in [5.41, 5.74) is 1.48. The second-order valence-corrected chi connectivity index (χ2v) is 7.10. The van der Waals surface area contributed by atoms with E-state index in [2.05, 4.69) is 20.4 Å². The molecule has 1 aliphatic rings. The average molecular weight is 375 g/mol. The molecular formula is C18H22FN5OS. The Kier molecular flexibility index (Phi) is 6.47. The van der Waals surface area contributed by atoms with E-state index in [1.165, 1.54) is 23.9 Å². The number of thioether (sulfide) groups is 1. The lowest BCUT2D eigenvalue weighted by molar-refractivity contribution is 0.208. The summed E-state index contributed by atoms with van der Waals surface area (Å²) < 4.78 is 18.6. The highest BCUT2D eigenvalue weighted by Crippen LogP contribution is 2.32. The zero-order valence-electron chi connectivity index (χ0n) is 14.7. The number of fused-ring (bicyclic) bond motifs is 1. The van der Waals surface area contributed by atoms with Gasteiger partial charge in [0.25, 0.3) is 0 Å². The van der Waals surface area contributed by atoms with Crippen LogP contribution in [0, 0.1) is 17.3 Å². The van der Waals surface area contributed by atoms with E-state index >= 15 is 0 Å². The highest BCUT2D eigenvalue weighted by Gasteiger charge is 2.24.